The molecule has 0 aliphatic carbocycles. The highest BCUT2D eigenvalue weighted by molar-refractivity contribution is 14.1. The van der Waals surface area contributed by atoms with Gasteiger partial charge in [-0.2, -0.15) is 5.10 Å². The predicted molar refractivity (Wildman–Crippen MR) is 180 cm³/mol. The zero-order valence-electron chi connectivity index (χ0n) is 26.0. The number of carbonyl (C=O) groups excluding carboxylic acids is 2. The SMILES string of the molecule is CCOc1cc(/C=N\N[C@H](O)COc2ccc([C@H]3NC(=O)NC(C)=C3C(=O)OC)cc2OCC)ccc1OCc1ccc(I)cc1. The molecule has 12 nitrogen and oxygen atoms in total. The van der Waals surface area contributed by atoms with Crippen molar-refractivity contribution in [2.24, 2.45) is 5.10 Å². The molecule has 3 aromatic rings. The molecule has 0 unspecified atom stereocenters. The molecule has 0 spiro atoms. The number of aliphatic hydroxyl groups excluding tert-OH is 1. The third-order valence-electron chi connectivity index (χ3n) is 6.68. The number of hydrogen-bond acceptors (Lipinski definition) is 10. The van der Waals surface area contributed by atoms with Crippen LogP contribution in [0.15, 0.2) is 77.0 Å². The van der Waals surface area contributed by atoms with Gasteiger partial charge in [-0.25, -0.2) is 9.59 Å². The molecule has 2 amide bonds. The first-order valence-corrected chi connectivity index (χ1v) is 15.7. The molecule has 0 radical (unpaired) electrons. The number of nitrogens with one attached hydrogen (secondary N) is 3. The molecule has 46 heavy (non-hydrogen) atoms. The molecule has 1 heterocycles. The number of nitrogens with zero attached hydrogens (tertiary/aromatic N) is 1. The summed E-state index contributed by atoms with van der Waals surface area (Å²) in [5, 5.41) is 20.0. The number of allylic oxidation sites excluding steroid dienone is 1. The van der Waals surface area contributed by atoms with Crippen molar-refractivity contribution in [1.29, 1.82) is 0 Å². The number of methoxy groups -OCH3 is 1. The Morgan fingerprint density at radius 3 is 2.35 bits per heavy atom. The van der Waals surface area contributed by atoms with Crippen molar-refractivity contribution in [1.82, 2.24) is 16.1 Å². The maximum Gasteiger partial charge on any atom is 0.337 e. The van der Waals surface area contributed by atoms with Crippen molar-refractivity contribution in [2.75, 3.05) is 26.9 Å². The smallest absolute Gasteiger partial charge is 0.337 e. The number of esters is 1. The predicted octanol–water partition coefficient (Wildman–Crippen LogP) is 4.79. The first kappa shape index (κ1) is 34.4. The molecule has 4 N–H and O–H groups in total. The van der Waals surface area contributed by atoms with Gasteiger partial charge in [0.15, 0.2) is 29.2 Å². The van der Waals surface area contributed by atoms with Crippen LogP contribution in [0.1, 0.15) is 43.5 Å². The van der Waals surface area contributed by atoms with Crippen molar-refractivity contribution in [3.63, 3.8) is 0 Å². The van der Waals surface area contributed by atoms with Gasteiger partial charge in [0.1, 0.15) is 13.2 Å². The molecule has 0 saturated heterocycles. The highest BCUT2D eigenvalue weighted by Gasteiger charge is 2.32. The van der Waals surface area contributed by atoms with Crippen LogP contribution in [0.25, 0.3) is 0 Å². The second-order valence-corrected chi connectivity index (χ2v) is 11.2. The Bertz CT molecular complexity index is 1580. The number of ether oxygens (including phenoxy) is 5. The summed E-state index contributed by atoms with van der Waals surface area (Å²) in [6.45, 7) is 6.40. The monoisotopic (exact) mass is 744 g/mol. The number of amides is 2. The molecular formula is C33H37IN4O8. The highest BCUT2D eigenvalue weighted by atomic mass is 127. The lowest BCUT2D eigenvalue weighted by Crippen LogP contribution is -2.45. The van der Waals surface area contributed by atoms with Crippen LogP contribution < -0.4 is 35.0 Å². The zero-order chi connectivity index (χ0) is 33.1. The number of rotatable bonds is 15. The lowest BCUT2D eigenvalue weighted by molar-refractivity contribution is -0.136. The number of urea groups is 1. The van der Waals surface area contributed by atoms with E-state index in [1.807, 2.05) is 56.3 Å². The Hall–Kier alpha value is -4.50. The van der Waals surface area contributed by atoms with E-state index in [1.54, 1.807) is 31.3 Å². The van der Waals surface area contributed by atoms with Gasteiger partial charge < -0.3 is 39.4 Å². The molecule has 1 aliphatic rings. The summed E-state index contributed by atoms with van der Waals surface area (Å²) in [6.07, 6.45) is 0.407. The fraction of sp³-hybridized carbons (Fsp3) is 0.303. The number of hydrazone groups is 1. The van der Waals surface area contributed by atoms with Crippen LogP contribution in [0.3, 0.4) is 0 Å². The van der Waals surface area contributed by atoms with E-state index in [1.165, 1.54) is 7.11 Å². The third kappa shape index (κ3) is 9.26. The largest absolute Gasteiger partial charge is 0.490 e. The minimum Gasteiger partial charge on any atom is -0.490 e. The maximum absolute atomic E-state index is 12.5. The number of hydrogen-bond donors (Lipinski definition) is 4. The zero-order valence-corrected chi connectivity index (χ0v) is 28.1. The molecule has 0 bridgehead atoms. The summed E-state index contributed by atoms with van der Waals surface area (Å²) < 4.78 is 29.4. The van der Waals surface area contributed by atoms with Gasteiger partial charge in [-0.15, -0.1) is 0 Å². The van der Waals surface area contributed by atoms with Crippen molar-refractivity contribution < 1.29 is 38.4 Å². The maximum atomic E-state index is 12.5. The van der Waals surface area contributed by atoms with Gasteiger partial charge in [0.25, 0.3) is 0 Å². The van der Waals surface area contributed by atoms with E-state index in [0.29, 0.717) is 54.1 Å². The van der Waals surface area contributed by atoms with Gasteiger partial charge >= 0.3 is 12.0 Å². The van der Waals surface area contributed by atoms with E-state index < -0.39 is 24.3 Å². The fourth-order valence-electron chi connectivity index (χ4n) is 4.55. The molecule has 4 rings (SSSR count). The number of carbonyl (C=O) groups is 2. The quantitative estimate of drug-likeness (QED) is 0.0567. The summed E-state index contributed by atoms with van der Waals surface area (Å²) in [6, 6.07) is 17.4. The van der Waals surface area contributed by atoms with Gasteiger partial charge in [0.2, 0.25) is 0 Å². The minimum absolute atomic E-state index is 0.150. The summed E-state index contributed by atoms with van der Waals surface area (Å²) in [5.41, 5.74) is 5.68. The normalized spacial score (nSPS) is 15.1. The first-order valence-electron chi connectivity index (χ1n) is 14.6. The average molecular weight is 745 g/mol. The third-order valence-corrected chi connectivity index (χ3v) is 7.40. The van der Waals surface area contributed by atoms with Crippen molar-refractivity contribution in [3.05, 3.63) is 92.2 Å². The van der Waals surface area contributed by atoms with E-state index in [9.17, 15) is 14.7 Å². The average Bonchev–Trinajstić information content (AvgIpc) is 3.04. The van der Waals surface area contributed by atoms with Crippen LogP contribution >= 0.6 is 22.6 Å². The van der Waals surface area contributed by atoms with Crippen LogP contribution in [-0.2, 0) is 16.1 Å². The molecular weight excluding hydrogens is 707 g/mol. The van der Waals surface area contributed by atoms with Crippen molar-refractivity contribution in [2.45, 2.75) is 39.6 Å². The summed E-state index contributed by atoms with van der Waals surface area (Å²) in [5.74, 6) is 1.36. The fourth-order valence-corrected chi connectivity index (χ4v) is 4.91. The number of aliphatic hydroxyl groups is 1. The molecule has 13 heteroatoms. The van der Waals surface area contributed by atoms with Crippen LogP contribution in [0.4, 0.5) is 4.79 Å². The van der Waals surface area contributed by atoms with Crippen LogP contribution in [0, 0.1) is 3.57 Å². The second-order valence-electron chi connectivity index (χ2n) is 9.97. The summed E-state index contributed by atoms with van der Waals surface area (Å²) in [4.78, 5) is 24.6. The van der Waals surface area contributed by atoms with Crippen LogP contribution in [-0.4, -0.2) is 56.5 Å². The number of benzene rings is 3. The van der Waals surface area contributed by atoms with Gasteiger partial charge in [0, 0.05) is 9.27 Å². The number of halogens is 1. The Balaban J connectivity index is 1.37. The topological polar surface area (TPSA) is 149 Å². The Morgan fingerprint density at radius 1 is 0.978 bits per heavy atom. The Kier molecular flexibility index (Phi) is 12.5. The summed E-state index contributed by atoms with van der Waals surface area (Å²) >= 11 is 2.26. The minimum atomic E-state index is -1.14. The molecule has 244 valence electrons. The van der Waals surface area contributed by atoms with Crippen LogP contribution in [0.2, 0.25) is 0 Å². The van der Waals surface area contributed by atoms with E-state index in [-0.39, 0.29) is 12.2 Å². The van der Waals surface area contributed by atoms with Gasteiger partial charge in [0.05, 0.1) is 38.2 Å². The van der Waals surface area contributed by atoms with Gasteiger partial charge in [-0.3, -0.25) is 5.43 Å². The Morgan fingerprint density at radius 2 is 1.65 bits per heavy atom. The molecule has 3 aromatic carbocycles. The van der Waals surface area contributed by atoms with Crippen molar-refractivity contribution >= 4 is 40.8 Å². The summed E-state index contributed by atoms with van der Waals surface area (Å²) in [7, 11) is 1.28. The molecule has 2 atom stereocenters. The van der Waals surface area contributed by atoms with Gasteiger partial charge in [-0.05, 0) is 103 Å². The van der Waals surface area contributed by atoms with Gasteiger partial charge in [-0.1, -0.05) is 18.2 Å². The molecule has 0 saturated carbocycles. The molecule has 0 fully saturated rings. The first-order chi connectivity index (χ1) is 22.2. The standard InChI is InChI=1S/C33H37IN4O8/c1-5-43-27-15-22(9-13-25(27)45-18-21-7-11-24(34)12-8-21)17-35-38-29(39)19-46-26-14-10-23(16-28(26)44-6-2)31-30(32(40)42-4)20(3)36-33(41)37-31/h7-17,29,31,38-39H,5-6,18-19H2,1-4H3,(H2,36,37,41)/b35-17-/t29-,31-/m1/s1. The molecule has 1 aliphatic heterocycles. The van der Waals surface area contributed by atoms with Crippen LogP contribution in [0.5, 0.6) is 23.0 Å². The van der Waals surface area contributed by atoms with Crippen molar-refractivity contribution in [3.8, 4) is 23.0 Å². The Labute approximate surface area is 281 Å². The lowest BCUT2D eigenvalue weighted by Gasteiger charge is -2.28. The van der Waals surface area contributed by atoms with E-state index in [2.05, 4.69) is 43.8 Å². The highest BCUT2D eigenvalue weighted by Crippen LogP contribution is 2.35. The van der Waals surface area contributed by atoms with E-state index >= 15 is 0 Å². The van der Waals surface area contributed by atoms with E-state index in [4.69, 9.17) is 23.7 Å². The lowest BCUT2D eigenvalue weighted by atomic mass is 9.95. The second kappa shape index (κ2) is 16.7. The van der Waals surface area contributed by atoms with E-state index in [0.717, 1.165) is 14.7 Å². The molecule has 0 aromatic heterocycles.